The van der Waals surface area contributed by atoms with Crippen molar-refractivity contribution in [3.63, 3.8) is 0 Å². The molecule has 1 aliphatic heterocycles. The van der Waals surface area contributed by atoms with Crippen LogP contribution in [0.2, 0.25) is 0 Å². The molecule has 1 atom stereocenters. The van der Waals surface area contributed by atoms with Gasteiger partial charge in [0.05, 0.1) is 16.8 Å². The van der Waals surface area contributed by atoms with Crippen molar-refractivity contribution in [3.05, 3.63) is 65.7 Å². The molecule has 0 saturated heterocycles. The highest BCUT2D eigenvalue weighted by atomic mass is 35.5. The number of hydrogen-bond donors (Lipinski definition) is 2. The third-order valence-corrected chi connectivity index (χ3v) is 4.60. The van der Waals surface area contributed by atoms with Crippen molar-refractivity contribution in [1.29, 1.82) is 0 Å². The zero-order chi connectivity index (χ0) is 18.5. The van der Waals surface area contributed by atoms with Gasteiger partial charge in [0, 0.05) is 24.9 Å². The van der Waals surface area contributed by atoms with Gasteiger partial charge in [-0.1, -0.05) is 37.6 Å². The molecular weight excluding hydrogens is 350 g/mol. The maximum Gasteiger partial charge on any atom is 0.269 e. The number of carbonyl (C=O) groups excluding carboxylic acids is 2. The Hall–Kier alpha value is -2.53. The fourth-order valence-electron chi connectivity index (χ4n) is 2.95. The Bertz CT molecular complexity index is 784. The van der Waals surface area contributed by atoms with Gasteiger partial charge < -0.3 is 10.6 Å². The van der Waals surface area contributed by atoms with Crippen LogP contribution in [0.5, 0.6) is 0 Å². The summed E-state index contributed by atoms with van der Waals surface area (Å²) in [4.78, 5) is 27.5. The molecule has 3 rings (SSSR count). The number of benzene rings is 1. The van der Waals surface area contributed by atoms with E-state index < -0.39 is 5.91 Å². The van der Waals surface area contributed by atoms with E-state index in [2.05, 4.69) is 17.6 Å². The van der Waals surface area contributed by atoms with E-state index in [0.29, 0.717) is 30.0 Å². The van der Waals surface area contributed by atoms with E-state index in [4.69, 9.17) is 11.6 Å². The van der Waals surface area contributed by atoms with Gasteiger partial charge in [-0.2, -0.15) is 0 Å². The molecule has 1 unspecified atom stereocenters. The van der Waals surface area contributed by atoms with Crippen molar-refractivity contribution >= 4 is 29.1 Å². The van der Waals surface area contributed by atoms with Gasteiger partial charge in [0.25, 0.3) is 11.8 Å². The lowest BCUT2D eigenvalue weighted by molar-refractivity contribution is -0.121. The number of allylic oxidation sites excluding steroid dienone is 3. The number of nitrogens with zero attached hydrogens (tertiary/aromatic N) is 1. The van der Waals surface area contributed by atoms with Crippen LogP contribution in [-0.2, 0) is 9.59 Å². The van der Waals surface area contributed by atoms with Crippen molar-refractivity contribution in [2.24, 2.45) is 0 Å². The van der Waals surface area contributed by atoms with Gasteiger partial charge in [-0.05, 0) is 24.6 Å². The van der Waals surface area contributed by atoms with Gasteiger partial charge in [0.15, 0.2) is 0 Å². The number of nitrogens with one attached hydrogen (secondary N) is 2. The number of alkyl halides is 1. The highest BCUT2D eigenvalue weighted by molar-refractivity contribution is 6.26. The van der Waals surface area contributed by atoms with Crippen LogP contribution < -0.4 is 15.5 Å². The van der Waals surface area contributed by atoms with Gasteiger partial charge >= 0.3 is 0 Å². The molecule has 0 spiro atoms. The van der Waals surface area contributed by atoms with E-state index in [1.807, 2.05) is 36.4 Å². The number of amides is 2. The van der Waals surface area contributed by atoms with Crippen LogP contribution in [0.1, 0.15) is 26.2 Å². The van der Waals surface area contributed by atoms with Crippen LogP contribution >= 0.6 is 11.6 Å². The average Bonchev–Trinajstić information content (AvgIpc) is 2.74. The second kappa shape index (κ2) is 8.23. The standard InChI is InChI=1S/C20H22ClN3O2/c1-2-3-11-22-13-16-19(25)23-17-10-9-14(21)12-18(17)24(20(16)26)15-7-5-4-6-8-15/h4-10,13-14,22H,2-3,11-12H2,1H3,(H,23,25)/b16-13-. The van der Waals surface area contributed by atoms with E-state index >= 15 is 0 Å². The monoisotopic (exact) mass is 371 g/mol. The van der Waals surface area contributed by atoms with Crippen molar-refractivity contribution in [2.45, 2.75) is 31.6 Å². The zero-order valence-corrected chi connectivity index (χ0v) is 15.4. The number of carbonyl (C=O) groups is 2. The van der Waals surface area contributed by atoms with Gasteiger partial charge in [-0.15, -0.1) is 11.6 Å². The van der Waals surface area contributed by atoms with Crippen molar-refractivity contribution in [3.8, 4) is 0 Å². The first-order valence-corrected chi connectivity index (χ1v) is 9.25. The first-order chi connectivity index (χ1) is 12.6. The molecule has 0 bridgehead atoms. The van der Waals surface area contributed by atoms with Crippen molar-refractivity contribution < 1.29 is 9.59 Å². The normalized spacial score (nSPS) is 21.5. The molecular formula is C20H22ClN3O2. The quantitative estimate of drug-likeness (QED) is 0.361. The van der Waals surface area contributed by atoms with E-state index in [9.17, 15) is 9.59 Å². The first-order valence-electron chi connectivity index (χ1n) is 8.81. The summed E-state index contributed by atoms with van der Waals surface area (Å²) in [5, 5.41) is 5.70. The SMILES string of the molecule is CCCCN/C=C1/C(=O)NC2=C(CC(Cl)C=C2)N(c2ccccc2)C1=O. The Kier molecular flexibility index (Phi) is 5.78. The summed E-state index contributed by atoms with van der Waals surface area (Å²) in [7, 11) is 0. The molecule has 0 radical (unpaired) electrons. The largest absolute Gasteiger partial charge is 0.390 e. The topological polar surface area (TPSA) is 61.4 Å². The maximum absolute atomic E-state index is 13.2. The molecule has 0 aromatic heterocycles. The maximum atomic E-state index is 13.2. The molecule has 0 saturated carbocycles. The Morgan fingerprint density at radius 2 is 2.08 bits per heavy atom. The predicted molar refractivity (Wildman–Crippen MR) is 103 cm³/mol. The summed E-state index contributed by atoms with van der Waals surface area (Å²) in [6, 6.07) is 9.31. The molecule has 1 heterocycles. The molecule has 136 valence electrons. The van der Waals surface area contributed by atoms with E-state index in [0.717, 1.165) is 12.8 Å². The highest BCUT2D eigenvalue weighted by Crippen LogP contribution is 2.32. The van der Waals surface area contributed by atoms with E-state index in [-0.39, 0.29) is 16.9 Å². The molecule has 2 aliphatic rings. The molecule has 2 amide bonds. The summed E-state index contributed by atoms with van der Waals surface area (Å²) in [5.41, 5.74) is 2.11. The summed E-state index contributed by atoms with van der Waals surface area (Å²) in [6.07, 6.45) is 7.57. The number of hydrogen-bond acceptors (Lipinski definition) is 3. The third-order valence-electron chi connectivity index (χ3n) is 4.30. The van der Waals surface area contributed by atoms with Crippen LogP contribution in [0.3, 0.4) is 0 Å². The number of para-hydroxylation sites is 1. The van der Waals surface area contributed by atoms with Crippen LogP contribution in [-0.4, -0.2) is 23.7 Å². The lowest BCUT2D eigenvalue weighted by Crippen LogP contribution is -2.34. The van der Waals surface area contributed by atoms with Crippen LogP contribution in [0.15, 0.2) is 65.7 Å². The fourth-order valence-corrected chi connectivity index (χ4v) is 3.16. The van der Waals surface area contributed by atoms with E-state index in [1.54, 1.807) is 11.0 Å². The number of unbranched alkanes of at least 4 members (excludes halogenated alkanes) is 1. The van der Waals surface area contributed by atoms with Gasteiger partial charge in [-0.3, -0.25) is 14.5 Å². The number of anilines is 1. The number of rotatable bonds is 5. The fraction of sp³-hybridized carbons (Fsp3) is 0.300. The molecule has 0 fully saturated rings. The van der Waals surface area contributed by atoms with E-state index in [1.165, 1.54) is 6.20 Å². The molecule has 6 heteroatoms. The molecule has 26 heavy (non-hydrogen) atoms. The lowest BCUT2D eigenvalue weighted by Gasteiger charge is -2.28. The second-order valence-electron chi connectivity index (χ2n) is 6.24. The number of halogens is 1. The predicted octanol–water partition coefficient (Wildman–Crippen LogP) is 3.20. The smallest absolute Gasteiger partial charge is 0.269 e. The van der Waals surface area contributed by atoms with Crippen molar-refractivity contribution in [2.75, 3.05) is 11.4 Å². The zero-order valence-electron chi connectivity index (χ0n) is 14.7. The minimum Gasteiger partial charge on any atom is -0.390 e. The van der Waals surface area contributed by atoms with Gasteiger partial charge in [0.2, 0.25) is 0 Å². The summed E-state index contributed by atoms with van der Waals surface area (Å²) in [6.45, 7) is 2.80. The average molecular weight is 372 g/mol. The Balaban J connectivity index is 2.02. The van der Waals surface area contributed by atoms with Crippen LogP contribution in [0, 0.1) is 0 Å². The third kappa shape index (κ3) is 3.83. The van der Waals surface area contributed by atoms with Gasteiger partial charge in [0.1, 0.15) is 5.57 Å². The van der Waals surface area contributed by atoms with Gasteiger partial charge in [-0.25, -0.2) is 0 Å². The molecule has 2 N–H and O–H groups in total. The summed E-state index contributed by atoms with van der Waals surface area (Å²) in [5.74, 6) is -0.774. The first kappa shape index (κ1) is 18.3. The summed E-state index contributed by atoms with van der Waals surface area (Å²) < 4.78 is 0. The van der Waals surface area contributed by atoms with Crippen LogP contribution in [0.25, 0.3) is 0 Å². The molecule has 1 aromatic rings. The van der Waals surface area contributed by atoms with Crippen LogP contribution in [0.4, 0.5) is 5.69 Å². The Morgan fingerprint density at radius 1 is 1.31 bits per heavy atom. The minimum absolute atomic E-state index is 0.0823. The second-order valence-corrected chi connectivity index (χ2v) is 6.80. The molecule has 5 nitrogen and oxygen atoms in total. The Morgan fingerprint density at radius 3 is 2.81 bits per heavy atom. The minimum atomic E-state index is -0.414. The highest BCUT2D eigenvalue weighted by Gasteiger charge is 2.35. The van der Waals surface area contributed by atoms with Crippen molar-refractivity contribution in [1.82, 2.24) is 10.6 Å². The molecule has 1 aromatic carbocycles. The summed E-state index contributed by atoms with van der Waals surface area (Å²) >= 11 is 6.28. The Labute approximate surface area is 158 Å². The lowest BCUT2D eigenvalue weighted by atomic mass is 10.1. The molecule has 1 aliphatic carbocycles.